The Bertz CT molecular complexity index is 62.5. The Hall–Kier alpha value is 0.480. The highest BCUT2D eigenvalue weighted by molar-refractivity contribution is 9.09. The van der Waals surface area contributed by atoms with Gasteiger partial charge in [-0.3, -0.25) is 0 Å². The molecule has 1 aliphatic carbocycles. The van der Waals surface area contributed by atoms with E-state index in [9.17, 15) is 0 Å². The molecule has 0 atom stereocenters. The van der Waals surface area contributed by atoms with Gasteiger partial charge in [0.25, 0.3) is 0 Å². The molecule has 0 spiro atoms. The van der Waals surface area contributed by atoms with Crippen LogP contribution in [-0.2, 0) is 0 Å². The quantitative estimate of drug-likeness (QED) is 0.465. The summed E-state index contributed by atoms with van der Waals surface area (Å²) in [5.41, 5.74) is 0. The zero-order valence-electron chi connectivity index (χ0n) is 4.71. The van der Waals surface area contributed by atoms with Crippen molar-refractivity contribution < 1.29 is 1.37 Å². The van der Waals surface area contributed by atoms with Crippen LogP contribution >= 0.6 is 15.9 Å². The van der Waals surface area contributed by atoms with Crippen molar-refractivity contribution in [1.82, 2.24) is 0 Å². The maximum Gasteiger partial charge on any atom is 0.0423 e. The van der Waals surface area contributed by atoms with Crippen molar-refractivity contribution in [2.24, 2.45) is 0 Å². The lowest BCUT2D eigenvalue weighted by Gasteiger charge is -1.88. The Morgan fingerprint density at radius 2 is 2.00 bits per heavy atom. The first-order valence-corrected chi connectivity index (χ1v) is 3.19. The molecule has 0 bridgehead atoms. The van der Waals surface area contributed by atoms with Gasteiger partial charge in [-0.1, -0.05) is 28.8 Å². The van der Waals surface area contributed by atoms with Crippen LogP contribution in [0.3, 0.4) is 0 Å². The molecule has 0 aliphatic heterocycles. The van der Waals surface area contributed by atoms with Gasteiger partial charge in [0.2, 0.25) is 0 Å². The molecule has 0 nitrogen and oxygen atoms in total. The van der Waals surface area contributed by atoms with Gasteiger partial charge in [-0.05, 0) is 12.8 Å². The van der Waals surface area contributed by atoms with Crippen LogP contribution in [0.1, 0.15) is 27.1 Å². The number of alkyl halides is 1. The summed E-state index contributed by atoms with van der Waals surface area (Å²) in [7, 11) is 0. The van der Waals surface area contributed by atoms with Gasteiger partial charge in [0.1, 0.15) is 0 Å². The van der Waals surface area contributed by atoms with E-state index in [1.807, 2.05) is 0 Å². The van der Waals surface area contributed by atoms with Gasteiger partial charge < -0.3 is 0 Å². The summed E-state index contributed by atoms with van der Waals surface area (Å²) in [5, 5.41) is 0. The van der Waals surface area contributed by atoms with E-state index < -0.39 is 0 Å². The van der Waals surface area contributed by atoms with Gasteiger partial charge in [0.05, 0.1) is 0 Å². The molecular formula is C5H9Br. The summed E-state index contributed by atoms with van der Waals surface area (Å²) in [5.74, 6) is 0. The first kappa shape index (κ1) is 3.48. The monoisotopic (exact) mass is 149 g/mol. The fourth-order valence-electron chi connectivity index (χ4n) is 0.759. The van der Waals surface area contributed by atoms with Crippen LogP contribution in [-0.4, -0.2) is 4.80 Å². The first-order valence-electron chi connectivity index (χ1n) is 2.90. The number of halogens is 1. The molecule has 1 heteroatoms. The average Bonchev–Trinajstić information content (AvgIpc) is 1.84. The van der Waals surface area contributed by atoms with Crippen LogP contribution in [0.5, 0.6) is 0 Å². The number of hydrogen-bond acceptors (Lipinski definition) is 0. The molecule has 1 fully saturated rings. The molecule has 36 valence electrons. The Labute approximate surface area is 48.5 Å². The Balaban J connectivity index is 2.40. The molecular weight excluding hydrogens is 140 g/mol. The second kappa shape index (κ2) is 1.97. The zero-order chi connectivity index (χ0) is 5.33. The minimum absolute atomic E-state index is 0.243. The first-order chi connectivity index (χ1) is 3.21. The largest absolute Gasteiger partial charge is 0.0891 e. The van der Waals surface area contributed by atoms with Gasteiger partial charge in [0.15, 0.2) is 0 Å². The SMILES string of the molecule is [2H]C1(Br)CCCC1. The van der Waals surface area contributed by atoms with E-state index in [1.165, 1.54) is 12.8 Å². The second-order valence-corrected chi connectivity index (χ2v) is 2.85. The van der Waals surface area contributed by atoms with E-state index >= 15 is 0 Å². The minimum atomic E-state index is -0.243. The van der Waals surface area contributed by atoms with Crippen LogP contribution in [0.4, 0.5) is 0 Å². The van der Waals surface area contributed by atoms with Crippen molar-refractivity contribution >= 4 is 15.9 Å². The minimum Gasteiger partial charge on any atom is -0.0891 e. The summed E-state index contributed by atoms with van der Waals surface area (Å²) < 4.78 is 7.40. The van der Waals surface area contributed by atoms with Gasteiger partial charge in [0, 0.05) is 6.17 Å². The Morgan fingerprint density at radius 1 is 1.50 bits per heavy atom. The molecule has 0 N–H and O–H groups in total. The zero-order valence-corrected chi connectivity index (χ0v) is 5.29. The highest BCUT2D eigenvalue weighted by Gasteiger charge is 2.09. The standard InChI is InChI=1S/C5H9Br/c6-5-3-1-2-4-5/h5H,1-4H2/i5D. The molecule has 0 unspecified atom stereocenters. The number of rotatable bonds is 0. The van der Waals surface area contributed by atoms with Gasteiger partial charge in [-0.15, -0.1) is 0 Å². The van der Waals surface area contributed by atoms with Crippen molar-refractivity contribution in [2.45, 2.75) is 30.5 Å². The molecule has 1 saturated carbocycles. The average molecular weight is 150 g/mol. The van der Waals surface area contributed by atoms with E-state index in [0.29, 0.717) is 0 Å². The van der Waals surface area contributed by atoms with Crippen LogP contribution < -0.4 is 0 Å². The summed E-state index contributed by atoms with van der Waals surface area (Å²) in [4.78, 5) is -0.243. The molecule has 6 heavy (non-hydrogen) atoms. The summed E-state index contributed by atoms with van der Waals surface area (Å²) >= 11 is 3.31. The van der Waals surface area contributed by atoms with Gasteiger partial charge in [-0.2, -0.15) is 0 Å². The topological polar surface area (TPSA) is 0 Å². The third-order valence-electron chi connectivity index (χ3n) is 1.15. The highest BCUT2D eigenvalue weighted by atomic mass is 79.9. The van der Waals surface area contributed by atoms with Gasteiger partial charge >= 0.3 is 0 Å². The van der Waals surface area contributed by atoms with Crippen molar-refractivity contribution in [2.75, 3.05) is 0 Å². The lowest BCUT2D eigenvalue weighted by Crippen LogP contribution is -1.81. The second-order valence-electron chi connectivity index (χ2n) is 1.72. The lowest BCUT2D eigenvalue weighted by atomic mass is 10.4. The Morgan fingerprint density at radius 3 is 2.17 bits per heavy atom. The molecule has 0 amide bonds. The van der Waals surface area contributed by atoms with Crippen molar-refractivity contribution in [1.29, 1.82) is 0 Å². The highest BCUT2D eigenvalue weighted by Crippen LogP contribution is 2.23. The summed E-state index contributed by atoms with van der Waals surface area (Å²) in [6.07, 6.45) is 4.53. The van der Waals surface area contributed by atoms with E-state index in [4.69, 9.17) is 1.37 Å². The predicted molar refractivity (Wildman–Crippen MR) is 31.2 cm³/mol. The molecule has 0 aromatic carbocycles. The normalized spacial score (nSPS) is 33.2. The Kier molecular flexibility index (Phi) is 1.14. The molecule has 1 rings (SSSR count). The molecule has 0 radical (unpaired) electrons. The summed E-state index contributed by atoms with van der Waals surface area (Å²) in [6, 6.07) is 0. The van der Waals surface area contributed by atoms with Crippen molar-refractivity contribution in [3.63, 3.8) is 0 Å². The lowest BCUT2D eigenvalue weighted by molar-refractivity contribution is 0.886. The van der Waals surface area contributed by atoms with E-state index in [0.717, 1.165) is 12.8 Å². The van der Waals surface area contributed by atoms with Crippen molar-refractivity contribution in [3.8, 4) is 0 Å². The fraction of sp³-hybridized carbons (Fsp3) is 1.00. The molecule has 0 saturated heterocycles. The van der Waals surface area contributed by atoms with Crippen molar-refractivity contribution in [3.05, 3.63) is 0 Å². The maximum absolute atomic E-state index is 7.40. The van der Waals surface area contributed by atoms with Crippen LogP contribution in [0.25, 0.3) is 0 Å². The molecule has 0 heterocycles. The van der Waals surface area contributed by atoms with Crippen LogP contribution in [0.15, 0.2) is 0 Å². The third kappa shape index (κ3) is 0.970. The van der Waals surface area contributed by atoms with E-state index in [-0.39, 0.29) is 4.80 Å². The van der Waals surface area contributed by atoms with Crippen LogP contribution in [0.2, 0.25) is 0 Å². The maximum atomic E-state index is 7.40. The molecule has 0 aromatic rings. The van der Waals surface area contributed by atoms with E-state index in [1.54, 1.807) is 0 Å². The summed E-state index contributed by atoms with van der Waals surface area (Å²) in [6.45, 7) is 0. The van der Waals surface area contributed by atoms with Gasteiger partial charge in [-0.25, -0.2) is 0 Å². The van der Waals surface area contributed by atoms with E-state index in [2.05, 4.69) is 15.9 Å². The fourth-order valence-corrected chi connectivity index (χ4v) is 1.32. The predicted octanol–water partition coefficient (Wildman–Crippen LogP) is 2.32. The third-order valence-corrected chi connectivity index (χ3v) is 1.94. The molecule has 0 aromatic heterocycles. The molecule has 1 aliphatic rings. The smallest absolute Gasteiger partial charge is 0.0423 e. The number of hydrogen-bond donors (Lipinski definition) is 0. The van der Waals surface area contributed by atoms with Crippen LogP contribution in [0, 0.1) is 0 Å².